The van der Waals surface area contributed by atoms with E-state index in [1.807, 2.05) is 11.6 Å². The number of aromatic nitrogens is 3. The molecule has 2 aliphatic rings. The highest BCUT2D eigenvalue weighted by molar-refractivity contribution is 7.71. The van der Waals surface area contributed by atoms with Gasteiger partial charge in [0.1, 0.15) is 0 Å². The Kier molecular flexibility index (Phi) is 3.15. The van der Waals surface area contributed by atoms with Crippen LogP contribution in [0.25, 0.3) is 0 Å². The molecule has 0 spiro atoms. The number of nitrogens with zero attached hydrogens (tertiary/aromatic N) is 4. The maximum absolute atomic E-state index is 5.20. The van der Waals surface area contributed by atoms with Crippen molar-refractivity contribution in [2.75, 3.05) is 24.5 Å². The third-order valence-electron chi connectivity index (χ3n) is 4.30. The van der Waals surface area contributed by atoms with E-state index in [4.69, 9.17) is 12.2 Å². The smallest absolute Gasteiger partial charge is 0.225 e. The fraction of sp³-hybridized carbons (Fsp3) is 0.833. The Balaban J connectivity index is 1.84. The van der Waals surface area contributed by atoms with Gasteiger partial charge in [-0.2, -0.15) is 0 Å². The quantitative estimate of drug-likeness (QED) is 0.784. The maximum atomic E-state index is 5.20. The van der Waals surface area contributed by atoms with E-state index in [2.05, 4.69) is 26.9 Å². The Morgan fingerprint density at radius 2 is 2.17 bits per heavy atom. The fourth-order valence-corrected chi connectivity index (χ4v) is 3.35. The van der Waals surface area contributed by atoms with E-state index in [1.165, 1.54) is 25.8 Å². The average molecular weight is 267 g/mol. The molecule has 1 aromatic rings. The summed E-state index contributed by atoms with van der Waals surface area (Å²) in [6.45, 7) is 5.77. The van der Waals surface area contributed by atoms with E-state index in [0.29, 0.717) is 16.9 Å². The van der Waals surface area contributed by atoms with Crippen LogP contribution in [0.3, 0.4) is 0 Å². The van der Waals surface area contributed by atoms with Gasteiger partial charge in [-0.1, -0.05) is 6.42 Å². The number of piperidine rings is 1. The summed E-state index contributed by atoms with van der Waals surface area (Å²) >= 11 is 5.20. The third kappa shape index (κ3) is 1.97. The number of nitrogens with one attached hydrogen (secondary N) is 1. The minimum atomic E-state index is 0.503. The highest BCUT2D eigenvalue weighted by Crippen LogP contribution is 2.26. The molecule has 6 heteroatoms. The van der Waals surface area contributed by atoms with Gasteiger partial charge in [0.05, 0.1) is 0 Å². The fourth-order valence-electron chi connectivity index (χ4n) is 3.23. The first-order chi connectivity index (χ1) is 8.66. The Morgan fingerprint density at radius 1 is 1.33 bits per heavy atom. The van der Waals surface area contributed by atoms with Crippen LogP contribution in [0.15, 0.2) is 0 Å². The number of hydrogen-bond donors (Lipinski definition) is 1. The van der Waals surface area contributed by atoms with Gasteiger partial charge in [0.15, 0.2) is 4.77 Å². The number of hydrogen-bond acceptors (Lipinski definition) is 4. The number of aromatic amines is 1. The molecule has 1 aromatic heterocycles. The van der Waals surface area contributed by atoms with Crippen LogP contribution in [0.1, 0.15) is 26.2 Å². The van der Waals surface area contributed by atoms with Gasteiger partial charge in [0, 0.05) is 32.2 Å². The van der Waals surface area contributed by atoms with E-state index in [9.17, 15) is 0 Å². The lowest BCUT2D eigenvalue weighted by molar-refractivity contribution is 0.114. The van der Waals surface area contributed by atoms with Crippen molar-refractivity contribution in [3.8, 4) is 0 Å². The molecule has 2 atom stereocenters. The van der Waals surface area contributed by atoms with E-state index in [0.717, 1.165) is 19.0 Å². The zero-order valence-corrected chi connectivity index (χ0v) is 11.9. The topological polar surface area (TPSA) is 40.1 Å². The van der Waals surface area contributed by atoms with Crippen LogP contribution in [-0.2, 0) is 7.05 Å². The normalized spacial score (nSPS) is 29.3. The molecular formula is C12H21N5S. The molecule has 0 aromatic carbocycles. The second kappa shape index (κ2) is 4.66. The lowest BCUT2D eigenvalue weighted by Crippen LogP contribution is -2.59. The third-order valence-corrected chi connectivity index (χ3v) is 4.67. The Morgan fingerprint density at radius 3 is 2.89 bits per heavy atom. The van der Waals surface area contributed by atoms with E-state index < -0.39 is 0 Å². The molecule has 3 rings (SSSR count). The summed E-state index contributed by atoms with van der Waals surface area (Å²) in [6, 6.07) is 1.20. The molecule has 2 saturated heterocycles. The van der Waals surface area contributed by atoms with Gasteiger partial charge in [-0.25, -0.2) is 5.10 Å². The number of fused-ring (bicyclic) bond motifs is 1. The maximum Gasteiger partial charge on any atom is 0.225 e. The summed E-state index contributed by atoms with van der Waals surface area (Å²) < 4.78 is 2.67. The Hall–Kier alpha value is -0.880. The molecule has 0 radical (unpaired) electrons. The number of H-pyrrole nitrogens is 1. The predicted octanol–water partition coefficient (Wildman–Crippen LogP) is 1.54. The van der Waals surface area contributed by atoms with Crippen molar-refractivity contribution in [2.45, 2.75) is 38.3 Å². The van der Waals surface area contributed by atoms with Crippen LogP contribution in [0.4, 0.5) is 5.95 Å². The summed E-state index contributed by atoms with van der Waals surface area (Å²) in [5, 5.41) is 7.27. The van der Waals surface area contributed by atoms with Crippen LogP contribution in [-0.4, -0.2) is 51.4 Å². The molecule has 3 heterocycles. The molecule has 0 aliphatic carbocycles. The number of anilines is 1. The van der Waals surface area contributed by atoms with Gasteiger partial charge in [-0.05, 0) is 38.5 Å². The molecule has 100 valence electrons. The summed E-state index contributed by atoms with van der Waals surface area (Å²) in [6.07, 6.45) is 4.04. The molecule has 2 fully saturated rings. The van der Waals surface area contributed by atoms with Crippen molar-refractivity contribution in [1.82, 2.24) is 19.7 Å². The first-order valence-corrected chi connectivity index (χ1v) is 7.19. The van der Waals surface area contributed by atoms with Gasteiger partial charge in [0.2, 0.25) is 5.95 Å². The van der Waals surface area contributed by atoms with Crippen molar-refractivity contribution >= 4 is 18.2 Å². The molecule has 2 aliphatic heterocycles. The first kappa shape index (κ1) is 12.2. The Bertz CT molecular complexity index is 479. The summed E-state index contributed by atoms with van der Waals surface area (Å²) in [5.41, 5.74) is 0. The second-order valence-electron chi connectivity index (χ2n) is 5.53. The van der Waals surface area contributed by atoms with E-state index in [1.54, 1.807) is 0 Å². The van der Waals surface area contributed by atoms with Crippen molar-refractivity contribution in [3.63, 3.8) is 0 Å². The summed E-state index contributed by atoms with van der Waals surface area (Å²) in [7, 11) is 1.99. The average Bonchev–Trinajstić information content (AvgIpc) is 2.69. The zero-order chi connectivity index (χ0) is 12.7. The lowest BCUT2D eigenvalue weighted by Gasteiger charge is -2.47. The van der Waals surface area contributed by atoms with Crippen molar-refractivity contribution in [2.24, 2.45) is 7.05 Å². The monoisotopic (exact) mass is 267 g/mol. The van der Waals surface area contributed by atoms with E-state index in [-0.39, 0.29) is 0 Å². The van der Waals surface area contributed by atoms with Crippen LogP contribution in [0, 0.1) is 4.77 Å². The number of piperazine rings is 1. The minimum absolute atomic E-state index is 0.503. The van der Waals surface area contributed by atoms with Gasteiger partial charge in [-0.15, -0.1) is 5.10 Å². The molecule has 18 heavy (non-hydrogen) atoms. The van der Waals surface area contributed by atoms with Crippen molar-refractivity contribution in [3.05, 3.63) is 4.77 Å². The minimum Gasteiger partial charge on any atom is -0.335 e. The van der Waals surface area contributed by atoms with Crippen LogP contribution < -0.4 is 4.90 Å². The van der Waals surface area contributed by atoms with Crippen molar-refractivity contribution in [1.29, 1.82) is 0 Å². The first-order valence-electron chi connectivity index (χ1n) is 6.79. The largest absolute Gasteiger partial charge is 0.335 e. The Labute approximate surface area is 113 Å². The number of rotatable bonds is 1. The van der Waals surface area contributed by atoms with Gasteiger partial charge in [0.25, 0.3) is 0 Å². The van der Waals surface area contributed by atoms with Gasteiger partial charge in [-0.3, -0.25) is 9.47 Å². The van der Waals surface area contributed by atoms with Crippen LogP contribution in [0.5, 0.6) is 0 Å². The molecule has 0 amide bonds. The molecule has 2 unspecified atom stereocenters. The second-order valence-corrected chi connectivity index (χ2v) is 5.92. The molecular weight excluding hydrogens is 246 g/mol. The highest BCUT2D eigenvalue weighted by atomic mass is 32.1. The van der Waals surface area contributed by atoms with Gasteiger partial charge >= 0.3 is 0 Å². The van der Waals surface area contributed by atoms with Crippen LogP contribution >= 0.6 is 12.2 Å². The van der Waals surface area contributed by atoms with E-state index >= 15 is 0 Å². The van der Waals surface area contributed by atoms with Crippen molar-refractivity contribution < 1.29 is 0 Å². The SMILES string of the molecule is CC1CN2CCCCC2CN1c1n[nH]c(=S)n1C. The summed E-state index contributed by atoms with van der Waals surface area (Å²) in [5.74, 6) is 0.984. The standard InChI is InChI=1S/C12H21N5S/c1-9-7-16-6-4-3-5-10(16)8-17(9)11-13-14-12(18)15(11)2/h9-10H,3-8H2,1-2H3,(H,14,18). The molecule has 5 nitrogen and oxygen atoms in total. The molecule has 0 bridgehead atoms. The van der Waals surface area contributed by atoms with Gasteiger partial charge < -0.3 is 4.90 Å². The van der Waals surface area contributed by atoms with Crippen LogP contribution in [0.2, 0.25) is 0 Å². The predicted molar refractivity (Wildman–Crippen MR) is 74.4 cm³/mol. The summed E-state index contributed by atoms with van der Waals surface area (Å²) in [4.78, 5) is 5.05. The lowest BCUT2D eigenvalue weighted by atomic mass is 9.97. The zero-order valence-electron chi connectivity index (χ0n) is 11.1. The highest BCUT2D eigenvalue weighted by Gasteiger charge is 2.34. The molecule has 0 saturated carbocycles. The molecule has 1 N–H and O–H groups in total.